The Morgan fingerprint density at radius 3 is 2.85 bits per heavy atom. The molecule has 1 aromatic heterocycles. The van der Waals surface area contributed by atoms with Gasteiger partial charge in [0.25, 0.3) is 0 Å². The van der Waals surface area contributed by atoms with Crippen molar-refractivity contribution in [1.82, 2.24) is 19.1 Å². The van der Waals surface area contributed by atoms with E-state index in [4.69, 9.17) is 0 Å². The van der Waals surface area contributed by atoms with E-state index in [2.05, 4.69) is 26.1 Å². The number of fused-ring (bicyclic) bond motifs is 1. The minimum Gasteiger partial charge on any atom is -0.315 e. The van der Waals surface area contributed by atoms with E-state index in [0.29, 0.717) is 18.9 Å². The van der Waals surface area contributed by atoms with Crippen LogP contribution in [0.25, 0.3) is 0 Å². The average molecular weight is 361 g/mol. The van der Waals surface area contributed by atoms with Crippen molar-refractivity contribution < 1.29 is 12.8 Å². The topological polar surface area (TPSA) is 68.1 Å². The Labute approximate surface area is 123 Å². The van der Waals surface area contributed by atoms with Gasteiger partial charge in [-0.3, -0.25) is 0 Å². The number of aromatic nitrogens is 3. The van der Waals surface area contributed by atoms with E-state index in [9.17, 15) is 12.8 Å². The third-order valence-electron chi connectivity index (χ3n) is 3.13. The fraction of sp³-hybridized carbons (Fsp3) is 0.273. The molecular formula is C11H10BrFN4O2S. The first kappa shape index (κ1) is 13.7. The molecule has 0 atom stereocenters. The summed E-state index contributed by atoms with van der Waals surface area (Å²) >= 11 is 3.00. The zero-order valence-electron chi connectivity index (χ0n) is 10.2. The van der Waals surface area contributed by atoms with Crippen molar-refractivity contribution in [2.45, 2.75) is 18.0 Å². The highest BCUT2D eigenvalue weighted by Crippen LogP contribution is 2.24. The minimum atomic E-state index is -3.73. The highest BCUT2D eigenvalue weighted by atomic mass is 79.9. The highest BCUT2D eigenvalue weighted by molar-refractivity contribution is 9.10. The lowest BCUT2D eigenvalue weighted by molar-refractivity contribution is 0.335. The van der Waals surface area contributed by atoms with Crippen LogP contribution in [0.4, 0.5) is 4.39 Å². The Morgan fingerprint density at radius 2 is 2.10 bits per heavy atom. The van der Waals surface area contributed by atoms with Gasteiger partial charge >= 0.3 is 0 Å². The summed E-state index contributed by atoms with van der Waals surface area (Å²) in [6.07, 6.45) is 1.57. The standard InChI is InChI=1S/C11H10BrFN4O2S/c12-9-2-1-8(5-10(9)13)20(18,19)17-4-3-16-7-14-15-11(16)6-17/h1-2,5,7H,3-4,6H2. The van der Waals surface area contributed by atoms with Crippen LogP contribution < -0.4 is 0 Å². The van der Waals surface area contributed by atoms with Crippen LogP contribution in [0, 0.1) is 5.82 Å². The van der Waals surface area contributed by atoms with Gasteiger partial charge in [0.15, 0.2) is 0 Å². The van der Waals surface area contributed by atoms with E-state index in [1.165, 1.54) is 16.4 Å². The number of nitrogens with zero attached hydrogens (tertiary/aromatic N) is 4. The predicted molar refractivity (Wildman–Crippen MR) is 71.7 cm³/mol. The summed E-state index contributed by atoms with van der Waals surface area (Å²) in [7, 11) is -3.73. The second-order valence-corrected chi connectivity index (χ2v) is 7.15. The molecule has 0 unspecified atom stereocenters. The van der Waals surface area contributed by atoms with Gasteiger partial charge in [0, 0.05) is 13.1 Å². The van der Waals surface area contributed by atoms with Crippen molar-refractivity contribution in [3.8, 4) is 0 Å². The number of benzene rings is 1. The van der Waals surface area contributed by atoms with E-state index in [-0.39, 0.29) is 15.9 Å². The van der Waals surface area contributed by atoms with E-state index in [1.807, 2.05) is 0 Å². The van der Waals surface area contributed by atoms with E-state index in [0.717, 1.165) is 6.07 Å². The second-order valence-electron chi connectivity index (χ2n) is 4.36. The first-order chi connectivity index (χ1) is 9.48. The van der Waals surface area contributed by atoms with Crippen molar-refractivity contribution in [2.24, 2.45) is 0 Å². The Bertz CT molecular complexity index is 762. The molecule has 9 heteroatoms. The maximum Gasteiger partial charge on any atom is 0.243 e. The fourth-order valence-corrected chi connectivity index (χ4v) is 3.68. The highest BCUT2D eigenvalue weighted by Gasteiger charge is 2.29. The smallest absolute Gasteiger partial charge is 0.243 e. The SMILES string of the molecule is O=S(=O)(c1ccc(Br)c(F)c1)N1CCn2cnnc2C1. The molecule has 6 nitrogen and oxygen atoms in total. The first-order valence-corrected chi connectivity index (χ1v) is 8.03. The van der Waals surface area contributed by atoms with Gasteiger partial charge in [0.05, 0.1) is 15.9 Å². The zero-order chi connectivity index (χ0) is 14.3. The molecule has 0 spiro atoms. The van der Waals surface area contributed by atoms with Crippen molar-refractivity contribution in [1.29, 1.82) is 0 Å². The maximum atomic E-state index is 13.5. The molecular weight excluding hydrogens is 351 g/mol. The van der Waals surface area contributed by atoms with Gasteiger partial charge in [-0.1, -0.05) is 0 Å². The number of rotatable bonds is 2. The summed E-state index contributed by atoms with van der Waals surface area (Å²) < 4.78 is 41.8. The molecule has 0 bridgehead atoms. The van der Waals surface area contributed by atoms with Crippen LogP contribution in [0.15, 0.2) is 33.9 Å². The minimum absolute atomic E-state index is 0.0637. The molecule has 0 N–H and O–H groups in total. The Kier molecular flexibility index (Phi) is 3.35. The van der Waals surface area contributed by atoms with Crippen LogP contribution in [-0.4, -0.2) is 34.0 Å². The van der Waals surface area contributed by atoms with Gasteiger partial charge in [-0.05, 0) is 34.1 Å². The monoisotopic (exact) mass is 360 g/mol. The van der Waals surface area contributed by atoms with Crippen LogP contribution in [0.5, 0.6) is 0 Å². The number of halogens is 2. The largest absolute Gasteiger partial charge is 0.315 e. The molecule has 1 aliphatic rings. The van der Waals surface area contributed by atoms with Crippen LogP contribution in [0.2, 0.25) is 0 Å². The molecule has 0 aliphatic carbocycles. The summed E-state index contributed by atoms with van der Waals surface area (Å²) in [6.45, 7) is 0.936. The quantitative estimate of drug-likeness (QED) is 0.811. The summed E-state index contributed by atoms with van der Waals surface area (Å²) in [5, 5.41) is 7.62. The molecule has 2 heterocycles. The first-order valence-electron chi connectivity index (χ1n) is 5.80. The molecule has 0 amide bonds. The predicted octanol–water partition coefficient (Wildman–Crippen LogP) is 1.38. The fourth-order valence-electron chi connectivity index (χ4n) is 2.04. The van der Waals surface area contributed by atoms with Crippen molar-refractivity contribution in [3.05, 3.63) is 40.6 Å². The van der Waals surface area contributed by atoms with Crippen molar-refractivity contribution in [2.75, 3.05) is 6.54 Å². The summed E-state index contributed by atoms with van der Waals surface area (Å²) in [5.41, 5.74) is 0. The van der Waals surface area contributed by atoms with Gasteiger partial charge in [-0.2, -0.15) is 4.31 Å². The van der Waals surface area contributed by atoms with E-state index in [1.54, 1.807) is 10.9 Å². The number of sulfonamides is 1. The maximum absolute atomic E-state index is 13.5. The van der Waals surface area contributed by atoms with Crippen molar-refractivity contribution in [3.63, 3.8) is 0 Å². The number of hydrogen-bond donors (Lipinski definition) is 0. The Balaban J connectivity index is 1.95. The van der Waals surface area contributed by atoms with E-state index < -0.39 is 15.8 Å². The van der Waals surface area contributed by atoms with Crippen LogP contribution in [-0.2, 0) is 23.1 Å². The lowest BCUT2D eigenvalue weighted by atomic mass is 10.3. The average Bonchev–Trinajstić information content (AvgIpc) is 2.89. The molecule has 1 aliphatic heterocycles. The molecule has 0 radical (unpaired) electrons. The van der Waals surface area contributed by atoms with Gasteiger partial charge in [-0.15, -0.1) is 10.2 Å². The zero-order valence-corrected chi connectivity index (χ0v) is 12.6. The summed E-state index contributed by atoms with van der Waals surface area (Å²) in [6, 6.07) is 3.77. The summed E-state index contributed by atoms with van der Waals surface area (Å²) in [4.78, 5) is -0.0637. The molecule has 106 valence electrons. The normalized spacial score (nSPS) is 16.1. The lowest BCUT2D eigenvalue weighted by Crippen LogP contribution is -2.38. The van der Waals surface area contributed by atoms with Gasteiger partial charge in [0.2, 0.25) is 10.0 Å². The van der Waals surface area contributed by atoms with Crippen LogP contribution in [0.1, 0.15) is 5.82 Å². The molecule has 1 aromatic carbocycles. The lowest BCUT2D eigenvalue weighted by Gasteiger charge is -2.26. The van der Waals surface area contributed by atoms with Gasteiger partial charge in [0.1, 0.15) is 18.0 Å². The molecule has 0 saturated carbocycles. The number of hydrogen-bond acceptors (Lipinski definition) is 4. The van der Waals surface area contributed by atoms with Crippen LogP contribution in [0.3, 0.4) is 0 Å². The molecule has 0 saturated heterocycles. The third kappa shape index (κ3) is 2.25. The summed E-state index contributed by atoms with van der Waals surface area (Å²) in [5.74, 6) is -0.0244. The molecule has 0 fully saturated rings. The van der Waals surface area contributed by atoms with E-state index >= 15 is 0 Å². The van der Waals surface area contributed by atoms with Gasteiger partial charge < -0.3 is 4.57 Å². The Morgan fingerprint density at radius 1 is 1.30 bits per heavy atom. The molecule has 3 rings (SSSR count). The van der Waals surface area contributed by atoms with Crippen molar-refractivity contribution >= 4 is 26.0 Å². The molecule has 2 aromatic rings. The third-order valence-corrected chi connectivity index (χ3v) is 5.62. The molecule has 20 heavy (non-hydrogen) atoms. The van der Waals surface area contributed by atoms with Gasteiger partial charge in [-0.25, -0.2) is 12.8 Å². The van der Waals surface area contributed by atoms with Crippen LogP contribution >= 0.6 is 15.9 Å². The second kappa shape index (κ2) is 4.90. The Hall–Kier alpha value is -1.32.